The van der Waals surface area contributed by atoms with Crippen molar-refractivity contribution in [3.63, 3.8) is 0 Å². The molecule has 0 saturated carbocycles. The Kier molecular flexibility index (Phi) is 8.35. The van der Waals surface area contributed by atoms with Crippen LogP contribution in [0.1, 0.15) is 11.1 Å². The highest BCUT2D eigenvalue weighted by Crippen LogP contribution is 2.25. The van der Waals surface area contributed by atoms with E-state index in [1.54, 1.807) is 36.4 Å². The molecule has 3 aromatic carbocycles. The molecule has 3 rings (SSSR count). The lowest BCUT2D eigenvalue weighted by molar-refractivity contribution is -0.385. The van der Waals surface area contributed by atoms with Crippen molar-refractivity contribution in [2.24, 2.45) is 5.10 Å². The van der Waals surface area contributed by atoms with Crippen LogP contribution in [0.25, 0.3) is 0 Å². The molecule has 1 N–H and O–H groups in total. The van der Waals surface area contributed by atoms with Crippen LogP contribution < -0.4 is 5.43 Å². The zero-order chi connectivity index (χ0) is 24.7. The third kappa shape index (κ3) is 6.39. The maximum Gasteiger partial charge on any atom is 0.278 e. The number of nitrogens with one attached hydrogen (secondary N) is 1. The summed E-state index contributed by atoms with van der Waals surface area (Å²) >= 11 is 12.1. The van der Waals surface area contributed by atoms with Gasteiger partial charge in [-0.15, -0.1) is 0 Å². The molecule has 0 unspecified atom stereocenters. The summed E-state index contributed by atoms with van der Waals surface area (Å²) < 4.78 is 27.4. The van der Waals surface area contributed by atoms with Crippen LogP contribution in [0.3, 0.4) is 0 Å². The Morgan fingerprint density at radius 3 is 2.41 bits per heavy atom. The number of nitro groups is 1. The number of rotatable bonds is 9. The molecule has 0 fully saturated rings. The maximum atomic E-state index is 13.2. The van der Waals surface area contributed by atoms with E-state index in [-0.39, 0.29) is 27.7 Å². The summed E-state index contributed by atoms with van der Waals surface area (Å²) in [5.41, 5.74) is 2.64. The fourth-order valence-electron chi connectivity index (χ4n) is 2.94. The van der Waals surface area contributed by atoms with Crippen molar-refractivity contribution >= 4 is 51.0 Å². The molecule has 0 spiro atoms. The van der Waals surface area contributed by atoms with Crippen molar-refractivity contribution in [3.8, 4) is 0 Å². The minimum absolute atomic E-state index is 0.00343. The second-order valence-electron chi connectivity index (χ2n) is 6.93. The van der Waals surface area contributed by atoms with Crippen LogP contribution in [0, 0.1) is 10.1 Å². The van der Waals surface area contributed by atoms with Gasteiger partial charge in [0.15, 0.2) is 0 Å². The molecule has 12 heteroatoms. The largest absolute Gasteiger partial charge is 0.278 e. The predicted molar refractivity (Wildman–Crippen MR) is 129 cm³/mol. The van der Waals surface area contributed by atoms with Crippen LogP contribution in [0.5, 0.6) is 0 Å². The van der Waals surface area contributed by atoms with E-state index in [9.17, 15) is 23.3 Å². The number of carbonyl (C=O) groups excluding carboxylic acids is 1. The van der Waals surface area contributed by atoms with Gasteiger partial charge in [0.1, 0.15) is 0 Å². The van der Waals surface area contributed by atoms with Crippen LogP contribution in [0.15, 0.2) is 82.8 Å². The smallest absolute Gasteiger partial charge is 0.272 e. The Labute approximate surface area is 205 Å². The molecule has 0 heterocycles. The number of amides is 1. The third-order valence-corrected chi connectivity index (χ3v) is 6.98. The molecule has 176 valence electrons. The molecular weight excluding hydrogens is 503 g/mol. The van der Waals surface area contributed by atoms with Gasteiger partial charge in [-0.2, -0.15) is 9.41 Å². The standard InChI is InChI=1S/C22H18Cl2N4O5S/c23-18-11-10-17(20(24)12-18)14-27(34(32,33)19-7-2-1-3-8-19)15-22(29)26-25-13-16-6-4-5-9-21(16)28(30)31/h1-13H,14-15H2,(H,26,29)/b25-13-. The van der Waals surface area contributed by atoms with E-state index in [2.05, 4.69) is 10.5 Å². The quantitative estimate of drug-likeness (QED) is 0.256. The Hall–Kier alpha value is -3.31. The van der Waals surface area contributed by atoms with Crippen molar-refractivity contribution in [1.29, 1.82) is 0 Å². The summed E-state index contributed by atoms with van der Waals surface area (Å²) in [6.07, 6.45) is 1.11. The highest BCUT2D eigenvalue weighted by atomic mass is 35.5. The average molecular weight is 521 g/mol. The van der Waals surface area contributed by atoms with Gasteiger partial charge in [0.2, 0.25) is 10.0 Å². The molecule has 9 nitrogen and oxygen atoms in total. The Bertz CT molecular complexity index is 1330. The van der Waals surface area contributed by atoms with Crippen LogP contribution in [0.4, 0.5) is 5.69 Å². The molecule has 0 bridgehead atoms. The average Bonchev–Trinajstić information content (AvgIpc) is 2.81. The fraction of sp³-hybridized carbons (Fsp3) is 0.0909. The molecule has 0 aliphatic heterocycles. The monoisotopic (exact) mass is 520 g/mol. The summed E-state index contributed by atoms with van der Waals surface area (Å²) in [6.45, 7) is -0.779. The van der Waals surface area contributed by atoms with Crippen LogP contribution in [-0.2, 0) is 21.4 Å². The van der Waals surface area contributed by atoms with Crippen molar-refractivity contribution in [2.75, 3.05) is 6.54 Å². The fourth-order valence-corrected chi connectivity index (χ4v) is 4.80. The van der Waals surface area contributed by atoms with Gasteiger partial charge in [0.05, 0.1) is 28.1 Å². The molecule has 0 atom stereocenters. The highest BCUT2D eigenvalue weighted by Gasteiger charge is 2.27. The lowest BCUT2D eigenvalue weighted by Gasteiger charge is -2.22. The van der Waals surface area contributed by atoms with E-state index in [0.717, 1.165) is 10.5 Å². The van der Waals surface area contributed by atoms with Gasteiger partial charge in [-0.1, -0.05) is 59.6 Å². The number of benzene rings is 3. The summed E-state index contributed by atoms with van der Waals surface area (Å²) in [5.74, 6) is -0.751. The molecule has 0 aromatic heterocycles. The number of carbonyl (C=O) groups is 1. The van der Waals surface area contributed by atoms with Crippen molar-refractivity contribution in [2.45, 2.75) is 11.4 Å². The minimum atomic E-state index is -4.08. The zero-order valence-electron chi connectivity index (χ0n) is 17.5. The van der Waals surface area contributed by atoms with Gasteiger partial charge < -0.3 is 0 Å². The molecule has 0 radical (unpaired) electrons. The van der Waals surface area contributed by atoms with Crippen molar-refractivity contribution < 1.29 is 18.1 Å². The predicted octanol–water partition coefficient (Wildman–Crippen LogP) is 4.24. The van der Waals surface area contributed by atoms with Crippen molar-refractivity contribution in [3.05, 3.63) is 104 Å². The first-order valence-corrected chi connectivity index (χ1v) is 11.9. The second-order valence-corrected chi connectivity index (χ2v) is 9.71. The molecule has 1 amide bonds. The van der Waals surface area contributed by atoms with Gasteiger partial charge >= 0.3 is 0 Å². The normalized spacial score (nSPS) is 11.6. The van der Waals surface area contributed by atoms with Crippen LogP contribution in [-0.4, -0.2) is 36.3 Å². The van der Waals surface area contributed by atoms with Gasteiger partial charge in [-0.3, -0.25) is 14.9 Å². The summed E-state index contributed by atoms with van der Waals surface area (Å²) in [5, 5.41) is 15.5. The first-order chi connectivity index (χ1) is 16.2. The van der Waals surface area contributed by atoms with Gasteiger partial charge in [-0.25, -0.2) is 13.8 Å². The summed E-state index contributed by atoms with van der Waals surface area (Å²) in [6, 6.07) is 18.1. The zero-order valence-corrected chi connectivity index (χ0v) is 19.8. The van der Waals surface area contributed by atoms with Gasteiger partial charge in [-0.05, 0) is 35.9 Å². The number of sulfonamides is 1. The molecule has 0 saturated heterocycles. The number of hydrogen-bond donors (Lipinski definition) is 1. The first kappa shape index (κ1) is 25.3. The molecule has 0 aliphatic rings. The van der Waals surface area contributed by atoms with Crippen molar-refractivity contribution in [1.82, 2.24) is 9.73 Å². The second kappa shape index (κ2) is 11.2. The maximum absolute atomic E-state index is 13.2. The van der Waals surface area contributed by atoms with Gasteiger partial charge in [0.25, 0.3) is 11.6 Å². The van der Waals surface area contributed by atoms with Crippen LogP contribution in [0.2, 0.25) is 10.0 Å². The molecule has 3 aromatic rings. The Morgan fingerprint density at radius 1 is 1.06 bits per heavy atom. The molecule has 34 heavy (non-hydrogen) atoms. The Morgan fingerprint density at radius 2 is 1.74 bits per heavy atom. The van der Waals surface area contributed by atoms with Gasteiger partial charge in [0, 0.05) is 22.7 Å². The summed E-state index contributed by atoms with van der Waals surface area (Å²) in [4.78, 5) is 23.1. The molecular formula is C22H18Cl2N4O5S. The minimum Gasteiger partial charge on any atom is -0.272 e. The SMILES string of the molecule is O=C(CN(Cc1ccc(Cl)cc1Cl)S(=O)(=O)c1ccccc1)N/N=C\c1ccccc1[N+](=O)[O-]. The van der Waals surface area contributed by atoms with E-state index in [4.69, 9.17) is 23.2 Å². The lowest BCUT2D eigenvalue weighted by Crippen LogP contribution is -2.39. The number of halogens is 2. The number of hydrazone groups is 1. The number of nitro benzene ring substituents is 1. The van der Waals surface area contributed by atoms with Crippen LogP contribution >= 0.6 is 23.2 Å². The highest BCUT2D eigenvalue weighted by molar-refractivity contribution is 7.89. The number of nitrogens with zero attached hydrogens (tertiary/aromatic N) is 3. The van der Waals surface area contributed by atoms with E-state index in [1.807, 2.05) is 0 Å². The topological polar surface area (TPSA) is 122 Å². The van der Waals surface area contributed by atoms with E-state index in [1.165, 1.54) is 36.4 Å². The summed E-state index contributed by atoms with van der Waals surface area (Å²) in [7, 11) is -4.08. The van der Waals surface area contributed by atoms with E-state index >= 15 is 0 Å². The number of para-hydroxylation sites is 1. The third-order valence-electron chi connectivity index (χ3n) is 4.59. The lowest BCUT2D eigenvalue weighted by atomic mass is 10.2. The molecule has 0 aliphatic carbocycles. The number of hydrogen-bond acceptors (Lipinski definition) is 6. The Balaban J connectivity index is 1.82. The van der Waals surface area contributed by atoms with E-state index in [0.29, 0.717) is 10.6 Å². The first-order valence-electron chi connectivity index (χ1n) is 9.73. The van der Waals surface area contributed by atoms with E-state index < -0.39 is 27.4 Å².